The summed E-state index contributed by atoms with van der Waals surface area (Å²) in [5, 5.41) is 5.48. The van der Waals surface area contributed by atoms with Crippen LogP contribution < -0.4 is 10.6 Å². The van der Waals surface area contributed by atoms with Gasteiger partial charge in [0.05, 0.1) is 11.4 Å². The molecule has 0 aliphatic carbocycles. The average Bonchev–Trinajstić information content (AvgIpc) is 2.89. The van der Waals surface area contributed by atoms with Gasteiger partial charge >= 0.3 is 6.09 Å². The van der Waals surface area contributed by atoms with E-state index in [0.717, 1.165) is 38.3 Å². The zero-order valence-corrected chi connectivity index (χ0v) is 23.0. The third-order valence-electron chi connectivity index (χ3n) is 6.45. The van der Waals surface area contributed by atoms with Crippen LogP contribution >= 0.6 is 0 Å². The van der Waals surface area contributed by atoms with Gasteiger partial charge in [-0.25, -0.2) is 9.18 Å². The summed E-state index contributed by atoms with van der Waals surface area (Å²) < 4.78 is 20.3. The summed E-state index contributed by atoms with van der Waals surface area (Å²) in [7, 11) is 0. The lowest BCUT2D eigenvalue weighted by Crippen LogP contribution is -2.45. The van der Waals surface area contributed by atoms with E-state index < -0.39 is 11.7 Å². The predicted octanol–water partition coefficient (Wildman–Crippen LogP) is 5.62. The summed E-state index contributed by atoms with van der Waals surface area (Å²) >= 11 is 0. The largest absolute Gasteiger partial charge is 0.444 e. The van der Waals surface area contributed by atoms with Crippen molar-refractivity contribution < 1.29 is 18.7 Å². The maximum absolute atomic E-state index is 15.0. The van der Waals surface area contributed by atoms with Gasteiger partial charge in [-0.2, -0.15) is 0 Å². The highest BCUT2D eigenvalue weighted by Crippen LogP contribution is 2.25. The third-order valence-corrected chi connectivity index (χ3v) is 6.45. The minimum Gasteiger partial charge on any atom is -0.444 e. The quantitative estimate of drug-likeness (QED) is 0.410. The van der Waals surface area contributed by atoms with E-state index in [-0.39, 0.29) is 17.4 Å². The van der Waals surface area contributed by atoms with Crippen molar-refractivity contribution in [1.29, 1.82) is 0 Å². The van der Waals surface area contributed by atoms with E-state index in [1.165, 1.54) is 0 Å². The first-order valence-corrected chi connectivity index (χ1v) is 13.2. The lowest BCUT2D eigenvalue weighted by atomic mass is 10.1. The Hall–Kier alpha value is -3.82. The van der Waals surface area contributed by atoms with Crippen LogP contribution in [0.4, 0.5) is 20.6 Å². The van der Waals surface area contributed by atoms with E-state index in [0.29, 0.717) is 29.0 Å². The maximum Gasteiger partial charge on any atom is 0.412 e. The van der Waals surface area contributed by atoms with Crippen LogP contribution in [0.1, 0.15) is 43.6 Å². The van der Waals surface area contributed by atoms with Crippen molar-refractivity contribution in [3.05, 3.63) is 77.7 Å². The summed E-state index contributed by atoms with van der Waals surface area (Å²) in [6.45, 7) is 13.2. The summed E-state index contributed by atoms with van der Waals surface area (Å²) in [5.74, 6) is -0.758. The topological polar surface area (TPSA) is 86.8 Å². The molecule has 0 bridgehead atoms. The number of para-hydroxylation sites is 2. The molecule has 0 atom stereocenters. The number of rotatable bonds is 7. The molecule has 0 spiro atoms. The van der Waals surface area contributed by atoms with E-state index in [4.69, 9.17) is 4.74 Å². The van der Waals surface area contributed by atoms with Crippen LogP contribution in [0.5, 0.6) is 0 Å². The fraction of sp³-hybridized carbons (Fsp3) is 0.367. The molecule has 0 unspecified atom stereocenters. The molecule has 2 aromatic carbocycles. The molecule has 8 nitrogen and oxygen atoms in total. The Morgan fingerprint density at radius 1 is 0.949 bits per heavy atom. The normalized spacial score (nSPS) is 14.6. The molecule has 0 radical (unpaired) electrons. The van der Waals surface area contributed by atoms with Crippen LogP contribution in [0.2, 0.25) is 0 Å². The van der Waals surface area contributed by atoms with Crippen LogP contribution in [0.15, 0.2) is 60.8 Å². The van der Waals surface area contributed by atoms with Crippen LogP contribution in [0.25, 0.3) is 11.3 Å². The predicted molar refractivity (Wildman–Crippen MR) is 151 cm³/mol. The van der Waals surface area contributed by atoms with Crippen molar-refractivity contribution in [1.82, 2.24) is 14.8 Å². The maximum atomic E-state index is 15.0. The van der Waals surface area contributed by atoms with Gasteiger partial charge in [0, 0.05) is 50.0 Å². The number of carbonyl (C=O) groups is 2. The fourth-order valence-corrected chi connectivity index (χ4v) is 4.39. The first-order chi connectivity index (χ1) is 18.6. The zero-order chi connectivity index (χ0) is 28.0. The highest BCUT2D eigenvalue weighted by Gasteiger charge is 2.19. The molecular formula is C30H36FN5O3. The number of hydrogen-bond acceptors (Lipinski definition) is 6. The Kier molecular flexibility index (Phi) is 8.93. The number of aromatic nitrogens is 1. The number of piperazine rings is 1. The Morgan fingerprint density at radius 2 is 1.56 bits per heavy atom. The first kappa shape index (κ1) is 28.2. The van der Waals surface area contributed by atoms with Crippen molar-refractivity contribution in [2.24, 2.45) is 0 Å². The van der Waals surface area contributed by atoms with Gasteiger partial charge in [0.2, 0.25) is 0 Å². The number of halogens is 1. The number of nitrogens with one attached hydrogen (secondary N) is 2. The van der Waals surface area contributed by atoms with E-state index in [2.05, 4.69) is 32.3 Å². The average molecular weight is 534 g/mol. The number of pyridine rings is 1. The minimum atomic E-state index is -0.650. The Morgan fingerprint density at radius 3 is 2.15 bits per heavy atom. The number of ether oxygens (including phenoxy) is 1. The number of nitrogens with zero attached hydrogens (tertiary/aromatic N) is 3. The molecule has 1 fully saturated rings. The molecule has 206 valence electrons. The van der Waals surface area contributed by atoms with Gasteiger partial charge in [-0.15, -0.1) is 0 Å². The standard InChI is InChI=1S/C30H36FN5O3/c1-5-35-14-16-36(17-15-35)20-21-18-24(31)27(32-19-21)22-10-12-23(13-11-22)28(37)33-25-8-6-7-9-26(25)34-29(38)39-30(2,3)4/h6-13,18-19H,5,14-17,20H2,1-4H3,(H,33,37)(H,34,38). The Balaban J connectivity index is 1.39. The molecular weight excluding hydrogens is 497 g/mol. The van der Waals surface area contributed by atoms with Crippen LogP contribution in [-0.4, -0.2) is 65.1 Å². The van der Waals surface area contributed by atoms with Crippen molar-refractivity contribution in [3.63, 3.8) is 0 Å². The smallest absolute Gasteiger partial charge is 0.412 e. The Bertz CT molecular complexity index is 1300. The van der Waals surface area contributed by atoms with Crippen molar-refractivity contribution in [2.75, 3.05) is 43.4 Å². The van der Waals surface area contributed by atoms with Crippen LogP contribution in [0.3, 0.4) is 0 Å². The van der Waals surface area contributed by atoms with Crippen LogP contribution in [-0.2, 0) is 11.3 Å². The zero-order valence-electron chi connectivity index (χ0n) is 23.0. The summed E-state index contributed by atoms with van der Waals surface area (Å²) in [4.78, 5) is 34.2. The second kappa shape index (κ2) is 12.4. The molecule has 1 aliphatic rings. The van der Waals surface area contributed by atoms with Gasteiger partial charge in [-0.3, -0.25) is 20.0 Å². The van der Waals surface area contributed by atoms with Gasteiger partial charge in [0.25, 0.3) is 5.91 Å². The van der Waals surface area contributed by atoms with Gasteiger partial charge in [0.1, 0.15) is 17.1 Å². The number of amides is 2. The molecule has 0 saturated carbocycles. The monoisotopic (exact) mass is 533 g/mol. The van der Waals surface area contributed by atoms with Crippen molar-refractivity contribution in [3.8, 4) is 11.3 Å². The van der Waals surface area contributed by atoms with E-state index in [1.807, 2.05) is 0 Å². The van der Waals surface area contributed by atoms with Gasteiger partial charge in [-0.05, 0) is 63.2 Å². The summed E-state index contributed by atoms with van der Waals surface area (Å²) in [6, 6.07) is 15.0. The molecule has 3 aromatic rings. The lowest BCUT2D eigenvalue weighted by Gasteiger charge is -2.33. The molecule has 39 heavy (non-hydrogen) atoms. The SMILES string of the molecule is CCN1CCN(Cc2cnc(-c3ccc(C(=O)Nc4ccccc4NC(=O)OC(C)(C)C)cc3)c(F)c2)CC1. The van der Waals surface area contributed by atoms with E-state index >= 15 is 0 Å². The van der Waals surface area contributed by atoms with Gasteiger partial charge in [-0.1, -0.05) is 31.2 Å². The second-order valence-electron chi connectivity index (χ2n) is 10.6. The molecule has 1 aromatic heterocycles. The summed E-state index contributed by atoms with van der Waals surface area (Å²) in [5.41, 5.74) is 2.24. The number of likely N-dealkylation sites (N-methyl/N-ethyl adjacent to an activating group) is 1. The number of benzene rings is 2. The number of carbonyl (C=O) groups excluding carboxylic acids is 2. The number of hydrogen-bond donors (Lipinski definition) is 2. The highest BCUT2D eigenvalue weighted by atomic mass is 19.1. The second-order valence-corrected chi connectivity index (χ2v) is 10.6. The minimum absolute atomic E-state index is 0.244. The molecule has 4 rings (SSSR count). The fourth-order valence-electron chi connectivity index (χ4n) is 4.39. The van der Waals surface area contributed by atoms with E-state index in [1.54, 1.807) is 81.6 Å². The third kappa shape index (κ3) is 7.84. The lowest BCUT2D eigenvalue weighted by molar-refractivity contribution is 0.0635. The van der Waals surface area contributed by atoms with Crippen molar-refractivity contribution in [2.45, 2.75) is 39.8 Å². The van der Waals surface area contributed by atoms with Gasteiger partial charge in [0.15, 0.2) is 0 Å². The highest BCUT2D eigenvalue weighted by molar-refractivity contribution is 6.07. The molecule has 2 amide bonds. The van der Waals surface area contributed by atoms with Crippen molar-refractivity contribution >= 4 is 23.4 Å². The molecule has 9 heteroatoms. The van der Waals surface area contributed by atoms with Gasteiger partial charge < -0.3 is 15.0 Å². The molecule has 1 aliphatic heterocycles. The number of anilines is 2. The molecule has 2 heterocycles. The summed E-state index contributed by atoms with van der Waals surface area (Å²) in [6.07, 6.45) is 1.10. The van der Waals surface area contributed by atoms with Crippen LogP contribution in [0, 0.1) is 5.82 Å². The first-order valence-electron chi connectivity index (χ1n) is 13.2. The molecule has 1 saturated heterocycles. The molecule has 2 N–H and O–H groups in total. The Labute approximate surface area is 229 Å². The van der Waals surface area contributed by atoms with E-state index in [9.17, 15) is 14.0 Å².